The van der Waals surface area contributed by atoms with E-state index in [2.05, 4.69) is 31.9 Å². The van der Waals surface area contributed by atoms with E-state index in [9.17, 15) is 14.7 Å². The van der Waals surface area contributed by atoms with Gasteiger partial charge in [0.15, 0.2) is 0 Å². The molecule has 1 saturated heterocycles. The van der Waals surface area contributed by atoms with E-state index in [1.54, 1.807) is 12.1 Å². The molecule has 0 radical (unpaired) electrons. The van der Waals surface area contributed by atoms with Crippen molar-refractivity contribution in [3.8, 4) is 5.75 Å². The highest BCUT2D eigenvalue weighted by Crippen LogP contribution is 2.38. The van der Waals surface area contributed by atoms with Crippen molar-refractivity contribution in [1.82, 2.24) is 0 Å². The normalized spacial score (nSPS) is 19.3. The van der Waals surface area contributed by atoms with Crippen LogP contribution in [-0.4, -0.2) is 28.6 Å². The van der Waals surface area contributed by atoms with E-state index in [-0.39, 0.29) is 24.6 Å². The average Bonchev–Trinajstić information content (AvgIpc) is 2.68. The van der Waals surface area contributed by atoms with Gasteiger partial charge in [-0.3, -0.25) is 9.59 Å². The first-order valence-corrected chi connectivity index (χ1v) is 6.70. The second kappa shape index (κ2) is 4.89. The number of phenolic OH excluding ortho intramolecular Hbond substituents is 1. The molecule has 2 rings (SSSR count). The Kier molecular flexibility index (Phi) is 3.63. The SMILES string of the molecule is O=C(O)[C@@H]1CC(=O)N(c2cc(Br)c(O)c(Br)c2)C1. The molecule has 0 unspecified atom stereocenters. The van der Waals surface area contributed by atoms with Crippen LogP contribution in [0.3, 0.4) is 0 Å². The molecule has 1 fully saturated rings. The molecule has 0 aliphatic carbocycles. The van der Waals surface area contributed by atoms with E-state index in [0.717, 1.165) is 0 Å². The molecular formula is C11H9Br2NO4. The standard InChI is InChI=1S/C11H9Br2NO4/c12-7-2-6(3-8(13)10(7)16)14-4-5(11(17)18)1-9(14)15/h2-3,5,16H,1,4H2,(H,17,18)/t5-/m1/s1. The zero-order valence-corrected chi connectivity index (χ0v) is 12.2. The van der Waals surface area contributed by atoms with Crippen molar-refractivity contribution < 1.29 is 19.8 Å². The Morgan fingerprint density at radius 3 is 2.33 bits per heavy atom. The highest BCUT2D eigenvalue weighted by Gasteiger charge is 2.35. The summed E-state index contributed by atoms with van der Waals surface area (Å²) in [6, 6.07) is 3.17. The lowest BCUT2D eigenvalue weighted by atomic mass is 10.1. The van der Waals surface area contributed by atoms with E-state index >= 15 is 0 Å². The van der Waals surface area contributed by atoms with Gasteiger partial charge in [0.25, 0.3) is 0 Å². The Bertz CT molecular complexity index is 509. The van der Waals surface area contributed by atoms with Gasteiger partial charge in [-0.15, -0.1) is 0 Å². The fraction of sp³-hybridized carbons (Fsp3) is 0.273. The highest BCUT2D eigenvalue weighted by atomic mass is 79.9. The first-order valence-electron chi connectivity index (χ1n) is 5.11. The molecule has 5 nitrogen and oxygen atoms in total. The molecule has 2 N–H and O–H groups in total. The Morgan fingerprint density at radius 1 is 1.33 bits per heavy atom. The van der Waals surface area contributed by atoms with Crippen LogP contribution in [0.25, 0.3) is 0 Å². The maximum Gasteiger partial charge on any atom is 0.308 e. The number of carboxylic acids is 1. The number of hydrogen-bond acceptors (Lipinski definition) is 3. The summed E-state index contributed by atoms with van der Waals surface area (Å²) in [6.07, 6.45) is 0.00540. The zero-order valence-electron chi connectivity index (χ0n) is 9.06. The summed E-state index contributed by atoms with van der Waals surface area (Å²) in [5.41, 5.74) is 0.556. The van der Waals surface area contributed by atoms with Crippen molar-refractivity contribution >= 4 is 49.4 Å². The van der Waals surface area contributed by atoms with Crippen LogP contribution in [0.15, 0.2) is 21.1 Å². The molecule has 0 saturated carbocycles. The van der Waals surface area contributed by atoms with Crippen LogP contribution in [0.4, 0.5) is 5.69 Å². The second-order valence-corrected chi connectivity index (χ2v) is 5.71. The van der Waals surface area contributed by atoms with Gasteiger partial charge in [0.1, 0.15) is 5.75 Å². The first-order chi connectivity index (χ1) is 8.40. The molecule has 1 atom stereocenters. The Balaban J connectivity index is 2.33. The number of carboxylic acid groups (broad SMARTS) is 1. The van der Waals surface area contributed by atoms with Gasteiger partial charge >= 0.3 is 5.97 Å². The number of carbonyl (C=O) groups is 2. The first kappa shape index (κ1) is 13.4. The van der Waals surface area contributed by atoms with Crippen LogP contribution in [0.2, 0.25) is 0 Å². The van der Waals surface area contributed by atoms with Crippen LogP contribution in [0.1, 0.15) is 6.42 Å². The molecule has 1 aliphatic heterocycles. The van der Waals surface area contributed by atoms with Crippen molar-refractivity contribution in [2.75, 3.05) is 11.4 Å². The fourth-order valence-electron chi connectivity index (χ4n) is 1.83. The molecule has 1 aliphatic rings. The van der Waals surface area contributed by atoms with Crippen molar-refractivity contribution in [3.05, 3.63) is 21.1 Å². The van der Waals surface area contributed by atoms with Gasteiger partial charge in [-0.05, 0) is 44.0 Å². The van der Waals surface area contributed by atoms with Gasteiger partial charge in [0.05, 0.1) is 14.9 Å². The number of amides is 1. The third-order valence-corrected chi connectivity index (χ3v) is 4.00. The second-order valence-electron chi connectivity index (χ2n) is 4.00. The average molecular weight is 379 g/mol. The van der Waals surface area contributed by atoms with Crippen molar-refractivity contribution in [2.45, 2.75) is 6.42 Å². The van der Waals surface area contributed by atoms with Crippen molar-refractivity contribution in [2.24, 2.45) is 5.92 Å². The molecule has 1 aromatic carbocycles. The van der Waals surface area contributed by atoms with Crippen molar-refractivity contribution in [3.63, 3.8) is 0 Å². The molecule has 18 heavy (non-hydrogen) atoms. The molecule has 0 aromatic heterocycles. The van der Waals surface area contributed by atoms with E-state index in [1.807, 2.05) is 0 Å². The van der Waals surface area contributed by atoms with Gasteiger partial charge in [-0.25, -0.2) is 0 Å². The molecule has 96 valence electrons. The van der Waals surface area contributed by atoms with Gasteiger partial charge in [-0.2, -0.15) is 0 Å². The topological polar surface area (TPSA) is 77.8 Å². The van der Waals surface area contributed by atoms with Crippen LogP contribution in [0, 0.1) is 5.92 Å². The van der Waals surface area contributed by atoms with Gasteiger partial charge in [0, 0.05) is 18.7 Å². The molecule has 0 spiro atoms. The van der Waals surface area contributed by atoms with Gasteiger partial charge in [-0.1, -0.05) is 0 Å². The number of aromatic hydroxyl groups is 1. The van der Waals surface area contributed by atoms with E-state index in [0.29, 0.717) is 14.6 Å². The quantitative estimate of drug-likeness (QED) is 0.828. The van der Waals surface area contributed by atoms with Crippen LogP contribution in [0.5, 0.6) is 5.75 Å². The Labute approximate surface area is 120 Å². The minimum atomic E-state index is -0.970. The molecule has 1 heterocycles. The molecular weight excluding hydrogens is 370 g/mol. The summed E-state index contributed by atoms with van der Waals surface area (Å²) in [6.45, 7) is 0.151. The minimum Gasteiger partial charge on any atom is -0.506 e. The third-order valence-electron chi connectivity index (χ3n) is 2.79. The largest absolute Gasteiger partial charge is 0.506 e. The Hall–Kier alpha value is -1.08. The number of phenols is 1. The van der Waals surface area contributed by atoms with Crippen molar-refractivity contribution in [1.29, 1.82) is 0 Å². The molecule has 1 amide bonds. The van der Waals surface area contributed by atoms with Gasteiger partial charge in [0.2, 0.25) is 5.91 Å². The summed E-state index contributed by atoms with van der Waals surface area (Å²) in [5, 5.41) is 18.5. The summed E-state index contributed by atoms with van der Waals surface area (Å²) in [4.78, 5) is 24.1. The van der Waals surface area contributed by atoms with Crippen LogP contribution in [-0.2, 0) is 9.59 Å². The summed E-state index contributed by atoms with van der Waals surface area (Å²) >= 11 is 6.35. The fourth-order valence-corrected chi connectivity index (χ4v) is 2.99. The lowest BCUT2D eigenvalue weighted by Crippen LogP contribution is -2.25. The number of benzene rings is 1. The minimum absolute atomic E-state index is 0.00540. The number of nitrogens with zero attached hydrogens (tertiary/aromatic N) is 1. The maximum absolute atomic E-state index is 11.8. The Morgan fingerprint density at radius 2 is 1.89 bits per heavy atom. The summed E-state index contributed by atoms with van der Waals surface area (Å²) in [7, 11) is 0. The number of anilines is 1. The van der Waals surface area contributed by atoms with E-state index < -0.39 is 11.9 Å². The number of rotatable bonds is 2. The van der Waals surface area contributed by atoms with E-state index in [1.165, 1.54) is 4.90 Å². The maximum atomic E-state index is 11.8. The number of halogens is 2. The van der Waals surface area contributed by atoms with E-state index in [4.69, 9.17) is 5.11 Å². The number of aliphatic carboxylic acids is 1. The molecule has 7 heteroatoms. The zero-order chi connectivity index (χ0) is 13.4. The van der Waals surface area contributed by atoms with Crippen LogP contribution < -0.4 is 4.90 Å². The number of carbonyl (C=O) groups excluding carboxylic acids is 1. The van der Waals surface area contributed by atoms with Crippen LogP contribution >= 0.6 is 31.9 Å². The predicted molar refractivity (Wildman–Crippen MR) is 71.6 cm³/mol. The smallest absolute Gasteiger partial charge is 0.308 e. The third kappa shape index (κ3) is 2.37. The predicted octanol–water partition coefficient (Wildman–Crippen LogP) is 2.35. The summed E-state index contributed by atoms with van der Waals surface area (Å²) in [5.74, 6) is -1.83. The monoisotopic (exact) mass is 377 g/mol. The number of hydrogen-bond donors (Lipinski definition) is 2. The lowest BCUT2D eigenvalue weighted by Gasteiger charge is -2.17. The summed E-state index contributed by atoms with van der Waals surface area (Å²) < 4.78 is 0.886. The lowest BCUT2D eigenvalue weighted by molar-refractivity contribution is -0.141. The molecule has 1 aromatic rings. The molecule has 0 bridgehead atoms. The van der Waals surface area contributed by atoms with Gasteiger partial charge < -0.3 is 15.1 Å². The highest BCUT2D eigenvalue weighted by molar-refractivity contribution is 9.11.